The van der Waals surface area contributed by atoms with Crippen LogP contribution in [0.15, 0.2) is 38.1 Å². The molecule has 0 aliphatic heterocycles. The molecular formula is C12H12BrFN2O3S. The molecule has 108 valence electrons. The monoisotopic (exact) mass is 362 g/mol. The molecule has 0 unspecified atom stereocenters. The molecule has 5 nitrogen and oxygen atoms in total. The smallest absolute Gasteiger partial charge is 0.265 e. The summed E-state index contributed by atoms with van der Waals surface area (Å²) in [5.41, 5.74) is 5.53. The van der Waals surface area contributed by atoms with Crippen LogP contribution in [-0.4, -0.2) is 8.42 Å². The Hall–Kier alpha value is -1.38. The molecule has 0 spiro atoms. The van der Waals surface area contributed by atoms with Gasteiger partial charge in [0.2, 0.25) is 0 Å². The number of nitrogens with two attached hydrogens (primary N) is 1. The molecule has 0 aliphatic rings. The molecule has 20 heavy (non-hydrogen) atoms. The second-order valence-electron chi connectivity index (χ2n) is 4.07. The first-order chi connectivity index (χ1) is 9.33. The lowest BCUT2D eigenvalue weighted by molar-refractivity contribution is 0.479. The van der Waals surface area contributed by atoms with Gasteiger partial charge in [0.1, 0.15) is 22.2 Å². The second-order valence-corrected chi connectivity index (χ2v) is 6.58. The summed E-state index contributed by atoms with van der Waals surface area (Å²) in [7, 11) is -3.84. The van der Waals surface area contributed by atoms with E-state index in [-0.39, 0.29) is 27.4 Å². The standard InChI is InChI=1S/C12H12BrFN2O3S/c1-7-12(5-9(6-15)19-7)20(17,18)16-8-2-3-10(13)11(14)4-8/h2-5,16H,6,15H2,1H3. The fraction of sp³-hybridized carbons (Fsp3) is 0.167. The highest BCUT2D eigenvalue weighted by molar-refractivity contribution is 9.10. The first-order valence-corrected chi connectivity index (χ1v) is 7.88. The average molecular weight is 363 g/mol. The Kier molecular flexibility index (Phi) is 4.17. The summed E-state index contributed by atoms with van der Waals surface area (Å²) in [4.78, 5) is -0.0127. The van der Waals surface area contributed by atoms with Crippen molar-refractivity contribution in [2.45, 2.75) is 18.4 Å². The molecule has 0 radical (unpaired) electrons. The van der Waals surface area contributed by atoms with Gasteiger partial charge in [0.05, 0.1) is 16.7 Å². The number of benzene rings is 1. The largest absolute Gasteiger partial charge is 0.464 e. The van der Waals surface area contributed by atoms with Crippen molar-refractivity contribution in [2.24, 2.45) is 5.73 Å². The van der Waals surface area contributed by atoms with Crippen LogP contribution >= 0.6 is 15.9 Å². The third kappa shape index (κ3) is 3.02. The Bertz CT molecular complexity index is 743. The van der Waals surface area contributed by atoms with E-state index in [1.54, 1.807) is 0 Å². The Morgan fingerprint density at radius 3 is 2.65 bits per heavy atom. The number of hydrogen-bond acceptors (Lipinski definition) is 4. The minimum absolute atomic E-state index is 0.0127. The number of aryl methyl sites for hydroxylation is 1. The van der Waals surface area contributed by atoms with Crippen LogP contribution in [0, 0.1) is 12.7 Å². The molecule has 2 aromatic rings. The van der Waals surface area contributed by atoms with Gasteiger partial charge in [-0.25, -0.2) is 12.8 Å². The van der Waals surface area contributed by atoms with E-state index in [2.05, 4.69) is 20.7 Å². The quantitative estimate of drug-likeness (QED) is 0.875. The van der Waals surface area contributed by atoms with Gasteiger partial charge in [0.25, 0.3) is 10.0 Å². The summed E-state index contributed by atoms with van der Waals surface area (Å²) in [6, 6.07) is 5.30. The van der Waals surface area contributed by atoms with Gasteiger partial charge in [-0.3, -0.25) is 4.72 Å². The average Bonchev–Trinajstić information content (AvgIpc) is 2.76. The van der Waals surface area contributed by atoms with Gasteiger partial charge in [0.15, 0.2) is 0 Å². The van der Waals surface area contributed by atoms with Crippen molar-refractivity contribution in [3.05, 3.63) is 46.1 Å². The third-order valence-electron chi connectivity index (χ3n) is 2.59. The van der Waals surface area contributed by atoms with Crippen LogP contribution in [0.25, 0.3) is 0 Å². The molecule has 1 aromatic heterocycles. The van der Waals surface area contributed by atoms with Crippen molar-refractivity contribution in [3.63, 3.8) is 0 Å². The summed E-state index contributed by atoms with van der Waals surface area (Å²) >= 11 is 3.00. The Labute approximate surface area is 124 Å². The molecule has 0 atom stereocenters. The zero-order valence-electron chi connectivity index (χ0n) is 10.5. The molecule has 0 fully saturated rings. The molecule has 0 amide bonds. The number of furan rings is 1. The van der Waals surface area contributed by atoms with Crippen LogP contribution in [0.1, 0.15) is 11.5 Å². The van der Waals surface area contributed by atoms with E-state index < -0.39 is 15.8 Å². The first-order valence-electron chi connectivity index (χ1n) is 5.60. The van der Waals surface area contributed by atoms with Crippen molar-refractivity contribution in [2.75, 3.05) is 4.72 Å². The molecule has 0 bridgehead atoms. The van der Waals surface area contributed by atoms with Crippen LogP contribution in [0.2, 0.25) is 0 Å². The maximum Gasteiger partial charge on any atom is 0.265 e. The van der Waals surface area contributed by atoms with Crippen LogP contribution in [0.4, 0.5) is 10.1 Å². The van der Waals surface area contributed by atoms with Crippen LogP contribution in [0.5, 0.6) is 0 Å². The predicted molar refractivity (Wildman–Crippen MR) is 76.2 cm³/mol. The SMILES string of the molecule is Cc1oc(CN)cc1S(=O)(=O)Nc1ccc(Br)c(F)c1. The van der Waals surface area contributed by atoms with E-state index in [1.807, 2.05) is 0 Å². The highest BCUT2D eigenvalue weighted by Gasteiger charge is 2.21. The maximum atomic E-state index is 13.4. The van der Waals surface area contributed by atoms with E-state index in [9.17, 15) is 12.8 Å². The number of nitrogens with one attached hydrogen (secondary N) is 1. The summed E-state index contributed by atoms with van der Waals surface area (Å²) in [5.74, 6) is 0.0390. The molecule has 1 heterocycles. The fourth-order valence-electron chi connectivity index (χ4n) is 1.66. The molecule has 0 saturated heterocycles. The van der Waals surface area contributed by atoms with Crippen LogP contribution < -0.4 is 10.5 Å². The first kappa shape index (κ1) is 15.0. The Morgan fingerprint density at radius 2 is 2.10 bits per heavy atom. The van der Waals surface area contributed by atoms with Gasteiger partial charge in [0, 0.05) is 6.07 Å². The molecule has 2 rings (SSSR count). The van der Waals surface area contributed by atoms with Crippen LogP contribution in [-0.2, 0) is 16.6 Å². The number of halogens is 2. The number of sulfonamides is 1. The van der Waals surface area contributed by atoms with Gasteiger partial charge in [-0.15, -0.1) is 0 Å². The van der Waals surface area contributed by atoms with E-state index in [0.29, 0.717) is 5.76 Å². The predicted octanol–water partition coefficient (Wildman–Crippen LogP) is 2.75. The summed E-state index contributed by atoms with van der Waals surface area (Å²) in [5, 5.41) is 0. The Balaban J connectivity index is 2.35. The molecule has 0 saturated carbocycles. The van der Waals surface area contributed by atoms with Crippen molar-refractivity contribution in [3.8, 4) is 0 Å². The van der Waals surface area contributed by atoms with Gasteiger partial charge >= 0.3 is 0 Å². The molecule has 3 N–H and O–H groups in total. The minimum atomic E-state index is -3.84. The summed E-state index contributed by atoms with van der Waals surface area (Å²) in [6.45, 7) is 1.62. The zero-order chi connectivity index (χ0) is 14.9. The van der Waals surface area contributed by atoms with Crippen molar-refractivity contribution >= 4 is 31.6 Å². The van der Waals surface area contributed by atoms with E-state index in [4.69, 9.17) is 10.2 Å². The summed E-state index contributed by atoms with van der Waals surface area (Å²) in [6.07, 6.45) is 0. The highest BCUT2D eigenvalue weighted by Crippen LogP contribution is 2.25. The number of rotatable bonds is 4. The van der Waals surface area contributed by atoms with Crippen molar-refractivity contribution in [1.82, 2.24) is 0 Å². The maximum absolute atomic E-state index is 13.4. The fourth-order valence-corrected chi connectivity index (χ4v) is 3.16. The van der Waals surface area contributed by atoms with Gasteiger partial charge in [-0.2, -0.15) is 0 Å². The van der Waals surface area contributed by atoms with Crippen LogP contribution in [0.3, 0.4) is 0 Å². The van der Waals surface area contributed by atoms with Gasteiger partial charge < -0.3 is 10.2 Å². The normalized spacial score (nSPS) is 11.6. The minimum Gasteiger partial charge on any atom is -0.464 e. The molecule has 1 aromatic carbocycles. The van der Waals surface area contributed by atoms with E-state index >= 15 is 0 Å². The highest BCUT2D eigenvalue weighted by atomic mass is 79.9. The number of anilines is 1. The summed E-state index contributed by atoms with van der Waals surface area (Å²) < 4.78 is 45.5. The number of hydrogen-bond donors (Lipinski definition) is 2. The lowest BCUT2D eigenvalue weighted by Crippen LogP contribution is -2.13. The van der Waals surface area contributed by atoms with Gasteiger partial charge in [-0.05, 0) is 41.1 Å². The third-order valence-corrected chi connectivity index (χ3v) is 4.72. The lowest BCUT2D eigenvalue weighted by Gasteiger charge is -2.07. The van der Waals surface area contributed by atoms with Crippen molar-refractivity contribution < 1.29 is 17.2 Å². The van der Waals surface area contributed by atoms with E-state index in [0.717, 1.165) is 6.07 Å². The van der Waals surface area contributed by atoms with Crippen molar-refractivity contribution in [1.29, 1.82) is 0 Å². The van der Waals surface area contributed by atoms with Gasteiger partial charge in [-0.1, -0.05) is 0 Å². The molecule has 0 aliphatic carbocycles. The zero-order valence-corrected chi connectivity index (χ0v) is 12.9. The lowest BCUT2D eigenvalue weighted by atomic mass is 10.3. The van der Waals surface area contributed by atoms with E-state index in [1.165, 1.54) is 25.1 Å². The molecule has 8 heteroatoms. The Morgan fingerprint density at radius 1 is 1.40 bits per heavy atom. The second kappa shape index (κ2) is 5.55. The topological polar surface area (TPSA) is 85.3 Å². The molecular weight excluding hydrogens is 351 g/mol.